The summed E-state index contributed by atoms with van der Waals surface area (Å²) in [4.78, 5) is 0. The van der Waals surface area contributed by atoms with E-state index >= 15 is 0 Å². The van der Waals surface area contributed by atoms with Crippen molar-refractivity contribution in [2.75, 3.05) is 27.4 Å². The normalized spacial score (nSPS) is 14.4. The van der Waals surface area contributed by atoms with Gasteiger partial charge in [-0.15, -0.1) is 0 Å². The minimum absolute atomic E-state index is 0.120. The van der Waals surface area contributed by atoms with Crippen LogP contribution in [0.3, 0.4) is 0 Å². The summed E-state index contributed by atoms with van der Waals surface area (Å²) < 4.78 is 37.4. The van der Waals surface area contributed by atoms with Crippen LogP contribution in [-0.2, 0) is 9.47 Å². The van der Waals surface area contributed by atoms with Crippen molar-refractivity contribution in [2.45, 2.75) is 26.0 Å². The standard InChI is InChI=1S/C14H21F2NO2/c1-9-5-14(16)12(6-13(9)15)10(2)17-7-11(19-4)8-18-3/h5-6,10-11,17H,7-8H2,1-4H3. The van der Waals surface area contributed by atoms with Crippen molar-refractivity contribution in [2.24, 2.45) is 0 Å². The molecule has 3 nitrogen and oxygen atoms in total. The van der Waals surface area contributed by atoms with Crippen LogP contribution in [0.15, 0.2) is 12.1 Å². The predicted octanol–water partition coefficient (Wildman–Crippen LogP) is 2.59. The molecule has 0 saturated carbocycles. The fraction of sp³-hybridized carbons (Fsp3) is 0.571. The van der Waals surface area contributed by atoms with Gasteiger partial charge in [0.25, 0.3) is 0 Å². The Kier molecular flexibility index (Phi) is 6.34. The Labute approximate surface area is 112 Å². The second kappa shape index (κ2) is 7.53. The second-order valence-electron chi connectivity index (χ2n) is 4.57. The maximum atomic E-state index is 13.8. The van der Waals surface area contributed by atoms with Crippen LogP contribution >= 0.6 is 0 Å². The van der Waals surface area contributed by atoms with Gasteiger partial charge in [0.2, 0.25) is 0 Å². The zero-order valence-corrected chi connectivity index (χ0v) is 11.8. The van der Waals surface area contributed by atoms with E-state index in [1.165, 1.54) is 12.1 Å². The van der Waals surface area contributed by atoms with Crippen LogP contribution in [0.5, 0.6) is 0 Å². The van der Waals surface area contributed by atoms with E-state index in [1.54, 1.807) is 28.1 Å². The number of aryl methyl sites for hydroxylation is 1. The van der Waals surface area contributed by atoms with E-state index in [2.05, 4.69) is 5.32 Å². The molecule has 0 aliphatic rings. The number of hydrogen-bond donors (Lipinski definition) is 1. The van der Waals surface area contributed by atoms with Gasteiger partial charge in [0, 0.05) is 32.4 Å². The quantitative estimate of drug-likeness (QED) is 0.828. The van der Waals surface area contributed by atoms with Gasteiger partial charge in [-0.3, -0.25) is 0 Å². The molecule has 1 rings (SSSR count). The summed E-state index contributed by atoms with van der Waals surface area (Å²) >= 11 is 0. The molecule has 2 atom stereocenters. The number of nitrogens with one attached hydrogen (secondary N) is 1. The average molecular weight is 273 g/mol. The Morgan fingerprint density at radius 1 is 1.21 bits per heavy atom. The fourth-order valence-electron chi connectivity index (χ4n) is 1.81. The highest BCUT2D eigenvalue weighted by Crippen LogP contribution is 2.20. The van der Waals surface area contributed by atoms with Gasteiger partial charge in [-0.1, -0.05) is 0 Å². The second-order valence-corrected chi connectivity index (χ2v) is 4.57. The van der Waals surface area contributed by atoms with Gasteiger partial charge < -0.3 is 14.8 Å². The van der Waals surface area contributed by atoms with Crippen molar-refractivity contribution in [3.8, 4) is 0 Å². The first kappa shape index (κ1) is 16.0. The van der Waals surface area contributed by atoms with Gasteiger partial charge in [-0.05, 0) is 31.5 Å². The highest BCUT2D eigenvalue weighted by atomic mass is 19.1. The minimum atomic E-state index is -0.403. The molecular formula is C14H21F2NO2. The van der Waals surface area contributed by atoms with E-state index in [-0.39, 0.29) is 12.1 Å². The third kappa shape index (κ3) is 4.53. The molecule has 0 bridgehead atoms. The highest BCUT2D eigenvalue weighted by Gasteiger charge is 2.15. The number of ether oxygens (including phenoxy) is 2. The van der Waals surface area contributed by atoms with Crippen LogP contribution in [0.1, 0.15) is 24.1 Å². The van der Waals surface area contributed by atoms with Crippen molar-refractivity contribution >= 4 is 0 Å². The molecule has 0 aromatic heterocycles. The summed E-state index contributed by atoms with van der Waals surface area (Å²) in [5.74, 6) is -0.801. The molecule has 19 heavy (non-hydrogen) atoms. The number of methoxy groups -OCH3 is 2. The first-order valence-corrected chi connectivity index (χ1v) is 6.20. The monoisotopic (exact) mass is 273 g/mol. The molecule has 0 radical (unpaired) electrons. The lowest BCUT2D eigenvalue weighted by Crippen LogP contribution is -2.33. The molecule has 0 spiro atoms. The molecule has 1 aromatic carbocycles. The minimum Gasteiger partial charge on any atom is -0.382 e. The molecule has 5 heteroatoms. The Morgan fingerprint density at radius 3 is 2.47 bits per heavy atom. The van der Waals surface area contributed by atoms with Crippen LogP contribution in [0.4, 0.5) is 8.78 Å². The summed E-state index contributed by atoms with van der Waals surface area (Å²) in [6, 6.07) is 2.15. The van der Waals surface area contributed by atoms with Gasteiger partial charge in [-0.25, -0.2) is 8.78 Å². The van der Waals surface area contributed by atoms with Gasteiger partial charge in [0.15, 0.2) is 0 Å². The predicted molar refractivity (Wildman–Crippen MR) is 70.2 cm³/mol. The third-order valence-electron chi connectivity index (χ3n) is 3.08. The molecule has 0 saturated heterocycles. The van der Waals surface area contributed by atoms with Gasteiger partial charge in [0.1, 0.15) is 11.6 Å². The highest BCUT2D eigenvalue weighted by molar-refractivity contribution is 5.27. The van der Waals surface area contributed by atoms with E-state index in [9.17, 15) is 8.78 Å². The molecule has 0 heterocycles. The van der Waals surface area contributed by atoms with E-state index in [0.717, 1.165) is 0 Å². The summed E-state index contributed by atoms with van der Waals surface area (Å²) in [5, 5.41) is 3.11. The molecule has 0 fully saturated rings. The van der Waals surface area contributed by atoms with Crippen molar-refractivity contribution in [1.82, 2.24) is 5.32 Å². The van der Waals surface area contributed by atoms with E-state index in [1.807, 2.05) is 0 Å². The Hall–Kier alpha value is -1.04. The van der Waals surface area contributed by atoms with Crippen LogP contribution in [0, 0.1) is 18.6 Å². The van der Waals surface area contributed by atoms with Crippen molar-refractivity contribution in [1.29, 1.82) is 0 Å². The number of benzene rings is 1. The summed E-state index contributed by atoms with van der Waals surface area (Å²) in [5.41, 5.74) is 0.623. The molecule has 2 unspecified atom stereocenters. The Bertz CT molecular complexity index is 413. The number of hydrogen-bond acceptors (Lipinski definition) is 3. The van der Waals surface area contributed by atoms with Crippen LogP contribution in [0.2, 0.25) is 0 Å². The topological polar surface area (TPSA) is 30.5 Å². The third-order valence-corrected chi connectivity index (χ3v) is 3.08. The van der Waals surface area contributed by atoms with E-state index in [0.29, 0.717) is 24.3 Å². The van der Waals surface area contributed by atoms with Gasteiger partial charge >= 0.3 is 0 Å². The maximum absolute atomic E-state index is 13.8. The van der Waals surface area contributed by atoms with E-state index in [4.69, 9.17) is 9.47 Å². The SMILES string of the molecule is COCC(CNC(C)c1cc(F)c(C)cc1F)OC. The van der Waals surface area contributed by atoms with Crippen molar-refractivity contribution in [3.63, 3.8) is 0 Å². The van der Waals surface area contributed by atoms with Crippen molar-refractivity contribution in [3.05, 3.63) is 34.9 Å². The Morgan fingerprint density at radius 2 is 1.89 bits per heavy atom. The molecular weight excluding hydrogens is 252 g/mol. The molecule has 108 valence electrons. The summed E-state index contributed by atoms with van der Waals surface area (Å²) in [6.07, 6.45) is -0.120. The average Bonchev–Trinajstić information content (AvgIpc) is 2.38. The first-order chi connectivity index (χ1) is 8.99. The van der Waals surface area contributed by atoms with Gasteiger partial charge in [0.05, 0.1) is 12.7 Å². The fourth-order valence-corrected chi connectivity index (χ4v) is 1.81. The number of rotatable bonds is 7. The lowest BCUT2D eigenvalue weighted by atomic mass is 10.0. The largest absolute Gasteiger partial charge is 0.382 e. The zero-order valence-electron chi connectivity index (χ0n) is 11.8. The van der Waals surface area contributed by atoms with Crippen LogP contribution in [-0.4, -0.2) is 33.5 Å². The van der Waals surface area contributed by atoms with Crippen molar-refractivity contribution < 1.29 is 18.3 Å². The molecule has 1 aromatic rings. The zero-order chi connectivity index (χ0) is 14.4. The lowest BCUT2D eigenvalue weighted by Gasteiger charge is -2.20. The van der Waals surface area contributed by atoms with Gasteiger partial charge in [-0.2, -0.15) is 0 Å². The smallest absolute Gasteiger partial charge is 0.128 e. The van der Waals surface area contributed by atoms with Crippen LogP contribution < -0.4 is 5.32 Å². The molecule has 0 aliphatic carbocycles. The summed E-state index contributed by atoms with van der Waals surface area (Å²) in [7, 11) is 3.17. The lowest BCUT2D eigenvalue weighted by molar-refractivity contribution is 0.0276. The molecule has 0 amide bonds. The van der Waals surface area contributed by atoms with E-state index < -0.39 is 11.6 Å². The molecule has 0 aliphatic heterocycles. The maximum Gasteiger partial charge on any atom is 0.128 e. The Balaban J connectivity index is 2.67. The molecule has 1 N–H and O–H groups in total. The summed E-state index contributed by atoms with van der Waals surface area (Å²) in [6.45, 7) is 4.27. The first-order valence-electron chi connectivity index (χ1n) is 6.20. The van der Waals surface area contributed by atoms with Crippen LogP contribution in [0.25, 0.3) is 0 Å². The number of halogens is 2.